The van der Waals surface area contributed by atoms with Crippen LogP contribution in [0.4, 0.5) is 17.1 Å². The van der Waals surface area contributed by atoms with Crippen LogP contribution in [0.3, 0.4) is 0 Å². The Morgan fingerprint density at radius 3 is 2.09 bits per heavy atom. The summed E-state index contributed by atoms with van der Waals surface area (Å²) < 4.78 is 53.6. The summed E-state index contributed by atoms with van der Waals surface area (Å²) in [6.07, 6.45) is 1.01. The van der Waals surface area contributed by atoms with Gasteiger partial charge in [-0.05, 0) is 80.1 Å². The highest BCUT2D eigenvalue weighted by Crippen LogP contribution is 2.24. The Hall–Kier alpha value is -3.08. The number of nitrogens with zero attached hydrogens (tertiary/aromatic N) is 1. The lowest BCUT2D eigenvalue weighted by atomic mass is 10.2. The maximum atomic E-state index is 12.8. The molecule has 0 aliphatic heterocycles. The van der Waals surface area contributed by atoms with Crippen LogP contribution < -0.4 is 14.3 Å². The zero-order chi connectivity index (χ0) is 25.1. The van der Waals surface area contributed by atoms with Gasteiger partial charge >= 0.3 is 0 Å². The van der Waals surface area contributed by atoms with Gasteiger partial charge in [0.1, 0.15) is 6.04 Å². The molecular weight excluding hydrogens is 498 g/mol. The molecule has 0 aliphatic carbocycles. The van der Waals surface area contributed by atoms with E-state index in [4.69, 9.17) is 11.6 Å². The Morgan fingerprint density at radius 1 is 0.912 bits per heavy atom. The van der Waals surface area contributed by atoms with E-state index < -0.39 is 32.0 Å². The molecule has 3 rings (SSSR count). The van der Waals surface area contributed by atoms with Crippen molar-refractivity contribution in [2.45, 2.75) is 24.8 Å². The Labute approximate surface area is 204 Å². The molecule has 8 nitrogen and oxygen atoms in total. The van der Waals surface area contributed by atoms with Crippen LogP contribution in [0.2, 0.25) is 5.02 Å². The van der Waals surface area contributed by atoms with Gasteiger partial charge in [0.05, 0.1) is 16.8 Å². The van der Waals surface area contributed by atoms with Crippen LogP contribution in [-0.2, 0) is 24.8 Å². The summed E-state index contributed by atoms with van der Waals surface area (Å²) in [6.45, 7) is 3.31. The van der Waals surface area contributed by atoms with E-state index >= 15 is 0 Å². The van der Waals surface area contributed by atoms with E-state index in [-0.39, 0.29) is 4.90 Å². The molecule has 2 N–H and O–H groups in total. The molecule has 0 aliphatic rings. The first-order valence-corrected chi connectivity index (χ1v) is 13.8. The zero-order valence-corrected chi connectivity index (χ0v) is 21.1. The maximum Gasteiger partial charge on any atom is 0.261 e. The predicted octanol–water partition coefficient (Wildman–Crippen LogP) is 4.24. The van der Waals surface area contributed by atoms with E-state index in [9.17, 15) is 21.6 Å². The van der Waals surface area contributed by atoms with Crippen LogP contribution >= 0.6 is 11.6 Å². The first kappa shape index (κ1) is 25.5. The number of sulfonamides is 2. The SMILES string of the molecule is Cc1cccc(NS(=O)(=O)c2ccc(NC(=O)[C@@H](C)N(c3ccc(Cl)cc3)S(C)(=O)=O)cc2)c1. The Morgan fingerprint density at radius 2 is 1.53 bits per heavy atom. The number of aryl methyl sites for hydroxylation is 1. The Balaban J connectivity index is 1.76. The molecule has 3 aromatic rings. The van der Waals surface area contributed by atoms with Crippen molar-refractivity contribution in [1.29, 1.82) is 0 Å². The molecule has 0 aromatic heterocycles. The molecule has 1 atom stereocenters. The van der Waals surface area contributed by atoms with Crippen LogP contribution in [0.15, 0.2) is 77.7 Å². The van der Waals surface area contributed by atoms with Gasteiger partial charge in [0.15, 0.2) is 0 Å². The molecule has 34 heavy (non-hydrogen) atoms. The third kappa shape index (κ3) is 6.28. The maximum absolute atomic E-state index is 12.8. The van der Waals surface area contributed by atoms with Crippen LogP contribution in [0.25, 0.3) is 0 Å². The Bertz CT molecular complexity index is 1390. The first-order chi connectivity index (χ1) is 15.9. The van der Waals surface area contributed by atoms with Gasteiger partial charge < -0.3 is 5.32 Å². The minimum atomic E-state index is -3.83. The van der Waals surface area contributed by atoms with Crippen molar-refractivity contribution in [2.75, 3.05) is 20.6 Å². The summed E-state index contributed by atoms with van der Waals surface area (Å²) in [4.78, 5) is 12.8. The Kier molecular flexibility index (Phi) is 7.54. The number of carbonyl (C=O) groups excluding carboxylic acids is 1. The van der Waals surface area contributed by atoms with E-state index in [0.29, 0.717) is 22.1 Å². The fourth-order valence-electron chi connectivity index (χ4n) is 3.28. The summed E-state index contributed by atoms with van der Waals surface area (Å²) in [5, 5.41) is 3.06. The lowest BCUT2D eigenvalue weighted by Gasteiger charge is -2.28. The second-order valence-corrected chi connectivity index (χ2v) is 11.7. The highest BCUT2D eigenvalue weighted by molar-refractivity contribution is 7.92. The average Bonchev–Trinajstić information content (AvgIpc) is 2.74. The van der Waals surface area contributed by atoms with Gasteiger partial charge in [0, 0.05) is 16.4 Å². The predicted molar refractivity (Wildman–Crippen MR) is 135 cm³/mol. The second kappa shape index (κ2) is 10.0. The lowest BCUT2D eigenvalue weighted by molar-refractivity contribution is -0.116. The molecular formula is C23H24ClN3O5S2. The van der Waals surface area contributed by atoms with Crippen molar-refractivity contribution in [3.05, 3.63) is 83.4 Å². The van der Waals surface area contributed by atoms with E-state index in [1.807, 2.05) is 13.0 Å². The monoisotopic (exact) mass is 521 g/mol. The molecule has 0 radical (unpaired) electrons. The number of rotatable bonds is 8. The minimum Gasteiger partial charge on any atom is -0.324 e. The molecule has 180 valence electrons. The van der Waals surface area contributed by atoms with E-state index in [2.05, 4.69) is 10.0 Å². The van der Waals surface area contributed by atoms with Crippen LogP contribution in [-0.4, -0.2) is 35.0 Å². The zero-order valence-electron chi connectivity index (χ0n) is 18.7. The number of hydrogen-bond donors (Lipinski definition) is 2. The summed E-state index contributed by atoms with van der Waals surface area (Å²) in [6, 6.07) is 17.5. The fraction of sp³-hybridized carbons (Fsp3) is 0.174. The van der Waals surface area contributed by atoms with Crippen LogP contribution in [0.5, 0.6) is 0 Å². The summed E-state index contributed by atoms with van der Waals surface area (Å²) in [5.74, 6) is -0.589. The van der Waals surface area contributed by atoms with E-state index in [1.165, 1.54) is 55.5 Å². The first-order valence-electron chi connectivity index (χ1n) is 10.1. The van der Waals surface area contributed by atoms with Crippen LogP contribution in [0.1, 0.15) is 12.5 Å². The molecule has 0 saturated heterocycles. The van der Waals surface area contributed by atoms with Crippen molar-refractivity contribution in [3.8, 4) is 0 Å². The number of halogens is 1. The molecule has 1 amide bonds. The van der Waals surface area contributed by atoms with E-state index in [0.717, 1.165) is 16.1 Å². The molecule has 0 saturated carbocycles. The summed E-state index contributed by atoms with van der Waals surface area (Å²) in [5.41, 5.74) is 1.96. The van der Waals surface area contributed by atoms with Crippen molar-refractivity contribution >= 4 is 54.6 Å². The van der Waals surface area contributed by atoms with Gasteiger partial charge in [-0.3, -0.25) is 13.8 Å². The third-order valence-corrected chi connectivity index (χ3v) is 7.76. The van der Waals surface area contributed by atoms with Gasteiger partial charge in [0.2, 0.25) is 15.9 Å². The second-order valence-electron chi connectivity index (χ2n) is 7.70. The molecule has 0 unspecified atom stereocenters. The van der Waals surface area contributed by atoms with Gasteiger partial charge in [-0.15, -0.1) is 0 Å². The largest absolute Gasteiger partial charge is 0.324 e. The molecule has 0 spiro atoms. The summed E-state index contributed by atoms with van der Waals surface area (Å²) in [7, 11) is -7.61. The quantitative estimate of drug-likeness (QED) is 0.460. The molecule has 0 fully saturated rings. The molecule has 0 heterocycles. The molecule has 11 heteroatoms. The normalized spacial score (nSPS) is 12.6. The van der Waals surface area contributed by atoms with Gasteiger partial charge in [0.25, 0.3) is 10.0 Å². The highest BCUT2D eigenvalue weighted by Gasteiger charge is 2.29. The number of nitrogens with one attached hydrogen (secondary N) is 2. The standard InChI is InChI=1S/C23H24ClN3O5S2/c1-16-5-4-6-20(15-16)26-34(31,32)22-13-9-19(10-14-22)25-23(28)17(2)27(33(3,29)30)21-11-7-18(24)8-12-21/h4-15,17,26H,1-3H3,(H,25,28)/t17-/m1/s1. The summed E-state index contributed by atoms with van der Waals surface area (Å²) >= 11 is 5.88. The fourth-order valence-corrected chi connectivity index (χ4v) is 5.63. The van der Waals surface area contributed by atoms with Crippen molar-refractivity contribution in [1.82, 2.24) is 0 Å². The number of benzene rings is 3. The van der Waals surface area contributed by atoms with E-state index in [1.54, 1.807) is 18.2 Å². The molecule has 0 bridgehead atoms. The average molecular weight is 522 g/mol. The number of hydrogen-bond acceptors (Lipinski definition) is 5. The van der Waals surface area contributed by atoms with Crippen LogP contribution in [0, 0.1) is 6.92 Å². The molecule has 3 aromatic carbocycles. The number of carbonyl (C=O) groups is 1. The van der Waals surface area contributed by atoms with Crippen molar-refractivity contribution in [3.63, 3.8) is 0 Å². The van der Waals surface area contributed by atoms with Gasteiger partial charge in [-0.1, -0.05) is 23.7 Å². The minimum absolute atomic E-state index is 0.0129. The van der Waals surface area contributed by atoms with Crippen molar-refractivity contribution < 1.29 is 21.6 Å². The number of amides is 1. The van der Waals surface area contributed by atoms with Crippen molar-refractivity contribution in [2.24, 2.45) is 0 Å². The highest BCUT2D eigenvalue weighted by atomic mass is 35.5. The van der Waals surface area contributed by atoms with Gasteiger partial charge in [-0.2, -0.15) is 0 Å². The number of anilines is 3. The smallest absolute Gasteiger partial charge is 0.261 e. The van der Waals surface area contributed by atoms with Gasteiger partial charge in [-0.25, -0.2) is 16.8 Å². The topological polar surface area (TPSA) is 113 Å². The third-order valence-electron chi connectivity index (χ3n) is 4.87. The lowest BCUT2D eigenvalue weighted by Crippen LogP contribution is -2.45.